The number of carbonyl (C=O) groups excluding carboxylic acids is 1. The number of halogens is 1. The zero-order valence-electron chi connectivity index (χ0n) is 21.5. The van der Waals surface area contributed by atoms with Crippen LogP contribution in [0.2, 0.25) is 0 Å². The highest BCUT2D eigenvalue weighted by Crippen LogP contribution is 2.64. The first kappa shape index (κ1) is 24.3. The molecule has 4 saturated carbocycles. The molecule has 1 aromatic rings. The minimum Gasteiger partial charge on any atom is -0.381 e. The van der Waals surface area contributed by atoms with Crippen LogP contribution >= 0.6 is 0 Å². The predicted octanol–water partition coefficient (Wildman–Crippen LogP) is 6.71. The Morgan fingerprint density at radius 3 is 2.56 bits per heavy atom. The molecule has 188 valence electrons. The number of ether oxygens (including phenoxy) is 1. The molecule has 0 bridgehead atoms. The maximum atomic E-state index is 13.6. The summed E-state index contributed by atoms with van der Waals surface area (Å²) >= 11 is 0. The molecule has 0 radical (unpaired) electrons. The van der Waals surface area contributed by atoms with Crippen LogP contribution in [0, 0.1) is 52.7 Å². The van der Waals surface area contributed by atoms with Crippen molar-refractivity contribution in [1.82, 2.24) is 4.90 Å². The predicted molar refractivity (Wildman–Crippen MR) is 133 cm³/mol. The van der Waals surface area contributed by atoms with E-state index >= 15 is 0 Å². The SMILES string of the molecule is CCOCC1CCC2C(CCC3C2CCC2(C)C(C(=O)N(C)Cc4ccc(F)cc4)CCC32)C1. The van der Waals surface area contributed by atoms with E-state index in [-0.39, 0.29) is 17.2 Å². The van der Waals surface area contributed by atoms with Crippen LogP contribution in [-0.4, -0.2) is 31.1 Å². The molecule has 8 atom stereocenters. The maximum Gasteiger partial charge on any atom is 0.226 e. The van der Waals surface area contributed by atoms with Gasteiger partial charge in [-0.15, -0.1) is 0 Å². The zero-order valence-corrected chi connectivity index (χ0v) is 21.5. The average Bonchev–Trinajstić information content (AvgIpc) is 3.20. The molecule has 5 rings (SSSR count). The number of benzene rings is 1. The van der Waals surface area contributed by atoms with Crippen LogP contribution in [0.15, 0.2) is 24.3 Å². The van der Waals surface area contributed by atoms with E-state index in [9.17, 15) is 9.18 Å². The lowest BCUT2D eigenvalue weighted by Gasteiger charge is -2.56. The standard InChI is InChI=1S/C30H44FNO2/c1-4-34-19-21-7-11-24-22(17-21)8-12-26-25(24)15-16-30(2)27(26)13-14-28(30)29(33)32(3)18-20-5-9-23(31)10-6-20/h5-6,9-10,21-22,24-28H,4,7-8,11-19H2,1-3H3. The molecule has 4 aliphatic carbocycles. The highest BCUT2D eigenvalue weighted by atomic mass is 19.1. The van der Waals surface area contributed by atoms with Crippen molar-refractivity contribution in [3.05, 3.63) is 35.6 Å². The Kier molecular flexibility index (Phi) is 7.08. The van der Waals surface area contributed by atoms with E-state index < -0.39 is 0 Å². The number of amides is 1. The molecule has 3 nitrogen and oxygen atoms in total. The summed E-state index contributed by atoms with van der Waals surface area (Å²) in [5.74, 6) is 5.24. The zero-order chi connectivity index (χ0) is 23.9. The fraction of sp³-hybridized carbons (Fsp3) is 0.767. The van der Waals surface area contributed by atoms with Gasteiger partial charge < -0.3 is 9.64 Å². The maximum absolute atomic E-state index is 13.6. The topological polar surface area (TPSA) is 29.5 Å². The van der Waals surface area contributed by atoms with Crippen LogP contribution in [0.3, 0.4) is 0 Å². The van der Waals surface area contributed by atoms with Gasteiger partial charge in [-0.3, -0.25) is 4.79 Å². The summed E-state index contributed by atoms with van der Waals surface area (Å²) in [6, 6.07) is 6.57. The van der Waals surface area contributed by atoms with Gasteiger partial charge in [-0.1, -0.05) is 19.1 Å². The van der Waals surface area contributed by atoms with E-state index in [4.69, 9.17) is 4.74 Å². The third-order valence-corrected chi connectivity index (χ3v) is 10.6. The summed E-state index contributed by atoms with van der Waals surface area (Å²) in [4.78, 5) is 15.5. The lowest BCUT2D eigenvalue weighted by atomic mass is 9.49. The molecular formula is C30H44FNO2. The number of carbonyl (C=O) groups is 1. The van der Waals surface area contributed by atoms with Crippen LogP contribution < -0.4 is 0 Å². The van der Waals surface area contributed by atoms with Gasteiger partial charge in [0.15, 0.2) is 0 Å². The van der Waals surface area contributed by atoms with Gasteiger partial charge in [-0.2, -0.15) is 0 Å². The minimum atomic E-state index is -0.224. The number of rotatable bonds is 6. The highest BCUT2D eigenvalue weighted by molar-refractivity contribution is 5.80. The van der Waals surface area contributed by atoms with E-state index in [0.29, 0.717) is 18.4 Å². The van der Waals surface area contributed by atoms with Gasteiger partial charge in [-0.05, 0) is 123 Å². The Labute approximate surface area is 205 Å². The van der Waals surface area contributed by atoms with Gasteiger partial charge in [0.2, 0.25) is 5.91 Å². The first-order valence-corrected chi connectivity index (χ1v) is 14.0. The molecule has 1 aromatic carbocycles. The van der Waals surface area contributed by atoms with Crippen LogP contribution in [0.4, 0.5) is 4.39 Å². The highest BCUT2D eigenvalue weighted by Gasteiger charge is 2.58. The number of nitrogens with zero attached hydrogens (tertiary/aromatic N) is 1. The van der Waals surface area contributed by atoms with Crippen molar-refractivity contribution in [2.45, 2.75) is 78.2 Å². The van der Waals surface area contributed by atoms with Crippen LogP contribution in [0.1, 0.15) is 77.2 Å². The molecule has 1 amide bonds. The third-order valence-electron chi connectivity index (χ3n) is 10.6. The Bertz CT molecular complexity index is 856. The molecular weight excluding hydrogens is 425 g/mol. The summed E-state index contributed by atoms with van der Waals surface area (Å²) in [5, 5.41) is 0. The third kappa shape index (κ3) is 4.45. The van der Waals surface area contributed by atoms with Crippen molar-refractivity contribution in [3.8, 4) is 0 Å². The van der Waals surface area contributed by atoms with E-state index in [2.05, 4.69) is 13.8 Å². The first-order chi connectivity index (χ1) is 16.4. The van der Waals surface area contributed by atoms with Crippen molar-refractivity contribution in [3.63, 3.8) is 0 Å². The van der Waals surface area contributed by atoms with E-state index in [0.717, 1.165) is 54.8 Å². The second kappa shape index (κ2) is 9.91. The molecule has 0 aromatic heterocycles. The molecule has 8 unspecified atom stereocenters. The Balaban J connectivity index is 1.24. The fourth-order valence-electron chi connectivity index (χ4n) is 9.00. The van der Waals surface area contributed by atoms with Crippen molar-refractivity contribution in [2.24, 2.45) is 46.8 Å². The van der Waals surface area contributed by atoms with Gasteiger partial charge in [-0.25, -0.2) is 4.39 Å². The smallest absolute Gasteiger partial charge is 0.226 e. The summed E-state index contributed by atoms with van der Waals surface area (Å²) < 4.78 is 19.1. The Morgan fingerprint density at radius 1 is 1.03 bits per heavy atom. The molecule has 0 saturated heterocycles. The lowest BCUT2D eigenvalue weighted by molar-refractivity contribution is -0.142. The van der Waals surface area contributed by atoms with Gasteiger partial charge in [0, 0.05) is 32.7 Å². The van der Waals surface area contributed by atoms with Gasteiger partial charge >= 0.3 is 0 Å². The summed E-state index contributed by atoms with van der Waals surface area (Å²) in [5.41, 5.74) is 1.15. The number of fused-ring (bicyclic) bond motifs is 5. The van der Waals surface area contributed by atoms with E-state index in [1.54, 1.807) is 12.1 Å². The second-order valence-corrected chi connectivity index (χ2v) is 12.3. The molecule has 34 heavy (non-hydrogen) atoms. The van der Waals surface area contributed by atoms with Gasteiger partial charge in [0.25, 0.3) is 0 Å². The quantitative estimate of drug-likeness (QED) is 0.464. The summed E-state index contributed by atoms with van der Waals surface area (Å²) in [7, 11) is 1.93. The van der Waals surface area contributed by atoms with E-state index in [1.165, 1.54) is 63.5 Å². The molecule has 4 fully saturated rings. The minimum absolute atomic E-state index is 0.142. The number of hydrogen-bond acceptors (Lipinski definition) is 2. The number of hydrogen-bond donors (Lipinski definition) is 0. The van der Waals surface area contributed by atoms with Crippen molar-refractivity contribution in [2.75, 3.05) is 20.3 Å². The van der Waals surface area contributed by atoms with Crippen LogP contribution in [-0.2, 0) is 16.1 Å². The molecule has 4 aliphatic rings. The first-order valence-electron chi connectivity index (χ1n) is 14.0. The lowest BCUT2D eigenvalue weighted by Crippen LogP contribution is -2.50. The second-order valence-electron chi connectivity index (χ2n) is 12.3. The molecule has 0 heterocycles. The molecule has 0 aliphatic heterocycles. The van der Waals surface area contributed by atoms with Crippen LogP contribution in [0.25, 0.3) is 0 Å². The molecule has 4 heteroatoms. The molecule has 0 N–H and O–H groups in total. The average molecular weight is 470 g/mol. The Morgan fingerprint density at radius 2 is 1.79 bits per heavy atom. The Hall–Kier alpha value is -1.42. The van der Waals surface area contributed by atoms with Gasteiger partial charge in [0.05, 0.1) is 0 Å². The summed E-state index contributed by atoms with van der Waals surface area (Å²) in [6.45, 7) is 6.92. The van der Waals surface area contributed by atoms with Crippen molar-refractivity contribution < 1.29 is 13.9 Å². The molecule has 0 spiro atoms. The van der Waals surface area contributed by atoms with E-state index in [1.807, 2.05) is 11.9 Å². The van der Waals surface area contributed by atoms with Crippen molar-refractivity contribution >= 4 is 5.91 Å². The van der Waals surface area contributed by atoms with Crippen molar-refractivity contribution in [1.29, 1.82) is 0 Å². The van der Waals surface area contributed by atoms with Gasteiger partial charge in [0.1, 0.15) is 5.82 Å². The monoisotopic (exact) mass is 469 g/mol. The normalized spacial score (nSPS) is 39.1. The largest absolute Gasteiger partial charge is 0.381 e. The fourth-order valence-corrected chi connectivity index (χ4v) is 9.00. The summed E-state index contributed by atoms with van der Waals surface area (Å²) in [6.07, 6.45) is 11.7. The van der Waals surface area contributed by atoms with Crippen LogP contribution in [0.5, 0.6) is 0 Å².